The number of esters is 2. The van der Waals surface area contributed by atoms with Crippen molar-refractivity contribution in [1.82, 2.24) is 4.90 Å². The Balaban J connectivity index is 2.09. The molecule has 0 N–H and O–H groups in total. The second-order valence-corrected chi connectivity index (χ2v) is 15.6. The Labute approximate surface area is 321 Å². The van der Waals surface area contributed by atoms with Crippen LogP contribution in [0.5, 0.6) is 5.75 Å². The second-order valence-electron chi connectivity index (χ2n) is 15.6. The summed E-state index contributed by atoms with van der Waals surface area (Å²) in [6, 6.07) is 6.82. The molecule has 0 bridgehead atoms. The van der Waals surface area contributed by atoms with Crippen LogP contribution in [-0.4, -0.2) is 50.8 Å². The molecule has 0 unspecified atom stereocenters. The summed E-state index contributed by atoms with van der Waals surface area (Å²) >= 11 is 0. The monoisotopic (exact) mass is 730 g/mol. The number of carbonyl (C=O) groups excluding carboxylic acids is 2. The number of rotatable bonds is 38. The highest BCUT2D eigenvalue weighted by Crippen LogP contribution is 2.21. The van der Waals surface area contributed by atoms with Gasteiger partial charge in [-0.15, -0.1) is 0 Å². The van der Waals surface area contributed by atoms with Gasteiger partial charge in [0.15, 0.2) is 0 Å². The van der Waals surface area contributed by atoms with Crippen molar-refractivity contribution in [3.05, 3.63) is 29.3 Å². The topological polar surface area (TPSA) is 65.1 Å². The van der Waals surface area contributed by atoms with Crippen LogP contribution in [0.15, 0.2) is 18.2 Å². The van der Waals surface area contributed by atoms with E-state index in [1.165, 1.54) is 127 Å². The molecule has 1 aromatic rings. The van der Waals surface area contributed by atoms with Crippen molar-refractivity contribution in [3.63, 3.8) is 0 Å². The number of ether oxygens (including phenoxy) is 3. The fourth-order valence-corrected chi connectivity index (χ4v) is 6.80. The summed E-state index contributed by atoms with van der Waals surface area (Å²) in [7, 11) is 4.24. The summed E-state index contributed by atoms with van der Waals surface area (Å²) in [5.74, 6) is 0.983. The molecule has 6 heteroatoms. The lowest BCUT2D eigenvalue weighted by molar-refractivity contribution is -0.144. The van der Waals surface area contributed by atoms with Gasteiger partial charge in [-0.3, -0.25) is 9.59 Å². The molecule has 0 aliphatic heterocycles. The number of benzene rings is 1. The molecule has 0 atom stereocenters. The van der Waals surface area contributed by atoms with Gasteiger partial charge in [-0.1, -0.05) is 155 Å². The molecule has 6 nitrogen and oxygen atoms in total. The molecule has 0 aliphatic rings. The lowest BCUT2D eigenvalue weighted by atomic mass is 10.0. The lowest BCUT2D eigenvalue weighted by Crippen LogP contribution is -2.11. The highest BCUT2D eigenvalue weighted by Gasteiger charge is 2.06. The van der Waals surface area contributed by atoms with E-state index in [1.54, 1.807) is 0 Å². The first kappa shape index (κ1) is 47.9. The summed E-state index contributed by atoms with van der Waals surface area (Å²) in [5, 5.41) is 0. The maximum absolute atomic E-state index is 11.9. The molecular weight excluding hydrogens is 647 g/mol. The normalized spacial score (nSPS) is 11.3. The van der Waals surface area contributed by atoms with Gasteiger partial charge in [0.1, 0.15) is 5.75 Å². The first-order valence-corrected chi connectivity index (χ1v) is 22.2. The first-order chi connectivity index (χ1) is 25.4. The standard InChI is InChI=1S/C46H83NO5/c1-5-7-9-11-14-21-27-33-45(48)51-36-30-24-17-13-16-20-26-32-42-38-43(41-47(3)4)40-44(39-42)50-35-29-23-18-19-25-31-37-52-46(49)34-28-22-15-12-10-8-6-2/h38-40H,5-37,41H2,1-4H3. The minimum atomic E-state index is -0.0173. The highest BCUT2D eigenvalue weighted by atomic mass is 16.5. The van der Waals surface area contributed by atoms with Crippen LogP contribution in [-0.2, 0) is 32.0 Å². The minimum Gasteiger partial charge on any atom is -0.494 e. The molecule has 0 aliphatic carbocycles. The molecule has 0 heterocycles. The quantitative estimate of drug-likeness (QED) is 0.0499. The van der Waals surface area contributed by atoms with Crippen LogP contribution < -0.4 is 4.74 Å². The van der Waals surface area contributed by atoms with E-state index in [-0.39, 0.29) is 11.9 Å². The van der Waals surface area contributed by atoms with E-state index >= 15 is 0 Å². The Morgan fingerprint density at radius 1 is 0.462 bits per heavy atom. The summed E-state index contributed by atoms with van der Waals surface area (Å²) in [6.45, 7) is 7.33. The average Bonchev–Trinajstić information content (AvgIpc) is 3.12. The fourth-order valence-electron chi connectivity index (χ4n) is 6.80. The zero-order valence-corrected chi connectivity index (χ0v) is 34.8. The number of carbonyl (C=O) groups is 2. The summed E-state index contributed by atoms with van der Waals surface area (Å²) in [4.78, 5) is 26.1. The molecular formula is C46H83NO5. The Hall–Kier alpha value is -2.08. The number of hydrogen-bond donors (Lipinski definition) is 0. The molecule has 302 valence electrons. The van der Waals surface area contributed by atoms with Crippen LogP contribution in [0.2, 0.25) is 0 Å². The third-order valence-corrected chi connectivity index (χ3v) is 9.94. The molecule has 0 radical (unpaired) electrons. The van der Waals surface area contributed by atoms with Crippen LogP contribution in [0.4, 0.5) is 0 Å². The van der Waals surface area contributed by atoms with E-state index in [1.807, 2.05) is 0 Å². The number of unbranched alkanes of at least 4 members (excludes halogenated alkanes) is 23. The van der Waals surface area contributed by atoms with Crippen molar-refractivity contribution in [2.45, 2.75) is 213 Å². The van der Waals surface area contributed by atoms with Crippen LogP contribution in [0.25, 0.3) is 0 Å². The Bertz CT molecular complexity index is 896. The second kappa shape index (κ2) is 35.9. The summed E-state index contributed by atoms with van der Waals surface area (Å²) in [6.07, 6.45) is 34.5. The van der Waals surface area contributed by atoms with Crippen molar-refractivity contribution in [3.8, 4) is 5.75 Å². The van der Waals surface area contributed by atoms with E-state index in [0.717, 1.165) is 83.1 Å². The molecule has 0 aromatic heterocycles. The zero-order chi connectivity index (χ0) is 37.7. The number of nitrogens with zero attached hydrogens (tertiary/aromatic N) is 1. The Morgan fingerprint density at radius 2 is 0.846 bits per heavy atom. The first-order valence-electron chi connectivity index (χ1n) is 22.2. The smallest absolute Gasteiger partial charge is 0.305 e. The largest absolute Gasteiger partial charge is 0.494 e. The molecule has 52 heavy (non-hydrogen) atoms. The number of hydrogen-bond acceptors (Lipinski definition) is 6. The lowest BCUT2D eigenvalue weighted by Gasteiger charge is -2.14. The Kier molecular flexibility index (Phi) is 33.1. The van der Waals surface area contributed by atoms with Gasteiger partial charge in [0.05, 0.1) is 19.8 Å². The van der Waals surface area contributed by atoms with Crippen LogP contribution in [0.1, 0.15) is 211 Å². The molecule has 0 spiro atoms. The third kappa shape index (κ3) is 31.4. The molecule has 0 saturated carbocycles. The maximum atomic E-state index is 11.9. The maximum Gasteiger partial charge on any atom is 0.305 e. The van der Waals surface area contributed by atoms with Crippen molar-refractivity contribution in [2.24, 2.45) is 0 Å². The van der Waals surface area contributed by atoms with Crippen molar-refractivity contribution in [2.75, 3.05) is 33.9 Å². The van der Waals surface area contributed by atoms with Crippen LogP contribution in [0.3, 0.4) is 0 Å². The summed E-state index contributed by atoms with van der Waals surface area (Å²) < 4.78 is 17.1. The molecule has 0 fully saturated rings. The zero-order valence-electron chi connectivity index (χ0n) is 34.8. The van der Waals surface area contributed by atoms with Crippen molar-refractivity contribution >= 4 is 11.9 Å². The van der Waals surface area contributed by atoms with E-state index in [9.17, 15) is 9.59 Å². The predicted octanol–water partition coefficient (Wildman–Crippen LogP) is 13.1. The van der Waals surface area contributed by atoms with Gasteiger partial charge >= 0.3 is 11.9 Å². The Morgan fingerprint density at radius 3 is 1.31 bits per heavy atom. The van der Waals surface area contributed by atoms with Gasteiger partial charge in [0.2, 0.25) is 0 Å². The third-order valence-electron chi connectivity index (χ3n) is 9.94. The van der Waals surface area contributed by atoms with Gasteiger partial charge in [-0.2, -0.15) is 0 Å². The minimum absolute atomic E-state index is 0.00962. The van der Waals surface area contributed by atoms with Gasteiger partial charge in [-0.05, 0) is 82.3 Å². The van der Waals surface area contributed by atoms with Crippen LogP contribution in [0, 0.1) is 0 Å². The van der Waals surface area contributed by atoms with E-state index < -0.39 is 0 Å². The molecule has 0 saturated heterocycles. The predicted molar refractivity (Wildman–Crippen MR) is 220 cm³/mol. The molecule has 0 amide bonds. The number of aryl methyl sites for hydroxylation is 1. The van der Waals surface area contributed by atoms with E-state index in [4.69, 9.17) is 14.2 Å². The van der Waals surface area contributed by atoms with Gasteiger partial charge in [0, 0.05) is 19.4 Å². The summed E-state index contributed by atoms with van der Waals surface area (Å²) in [5.41, 5.74) is 2.71. The highest BCUT2D eigenvalue weighted by molar-refractivity contribution is 5.69. The van der Waals surface area contributed by atoms with Gasteiger partial charge in [0.25, 0.3) is 0 Å². The van der Waals surface area contributed by atoms with E-state index in [2.05, 4.69) is 51.0 Å². The average molecular weight is 730 g/mol. The molecule has 1 aromatic carbocycles. The SMILES string of the molecule is CCCCCCCCCC(=O)OCCCCCCCCCc1cc(CN(C)C)cc(OCCCCCCCCOC(=O)CCCCCCCCC)c1. The van der Waals surface area contributed by atoms with Crippen molar-refractivity contribution in [1.29, 1.82) is 0 Å². The molecule has 1 rings (SSSR count). The van der Waals surface area contributed by atoms with Gasteiger partial charge < -0.3 is 19.1 Å². The van der Waals surface area contributed by atoms with E-state index in [0.29, 0.717) is 26.1 Å². The fraction of sp³-hybridized carbons (Fsp3) is 0.826. The van der Waals surface area contributed by atoms with Gasteiger partial charge in [-0.25, -0.2) is 0 Å². The van der Waals surface area contributed by atoms with Crippen molar-refractivity contribution < 1.29 is 23.8 Å². The van der Waals surface area contributed by atoms with Crippen LogP contribution >= 0.6 is 0 Å².